The number of nitrogens with zero attached hydrogens (tertiary/aromatic N) is 5. The fourth-order valence-corrected chi connectivity index (χ4v) is 4.44. The third-order valence-corrected chi connectivity index (χ3v) is 6.39. The largest absolute Gasteiger partial charge is 0.496 e. The van der Waals surface area contributed by atoms with Gasteiger partial charge in [0.2, 0.25) is 6.30 Å². The predicted molar refractivity (Wildman–Crippen MR) is 130 cm³/mol. The van der Waals surface area contributed by atoms with E-state index in [9.17, 15) is 18.0 Å². The highest BCUT2D eigenvalue weighted by molar-refractivity contribution is 6.00. The second-order valence-corrected chi connectivity index (χ2v) is 8.84. The Balaban J connectivity index is 1.47. The summed E-state index contributed by atoms with van der Waals surface area (Å²) in [5.74, 6) is -1.02. The molecule has 1 aliphatic heterocycles. The number of hydrogen-bond acceptors (Lipinski definition) is 6. The molecule has 194 valence electrons. The molecule has 0 saturated carbocycles. The fourth-order valence-electron chi connectivity index (χ4n) is 4.44. The van der Waals surface area contributed by atoms with Gasteiger partial charge in [-0.2, -0.15) is 5.10 Å². The van der Waals surface area contributed by atoms with Gasteiger partial charge >= 0.3 is 0 Å². The summed E-state index contributed by atoms with van der Waals surface area (Å²) in [6, 6.07) is 9.28. The van der Waals surface area contributed by atoms with Gasteiger partial charge in [0.1, 0.15) is 23.4 Å². The lowest BCUT2D eigenvalue weighted by Crippen LogP contribution is -2.45. The zero-order valence-corrected chi connectivity index (χ0v) is 20.4. The number of rotatable bonds is 8. The molecule has 2 aromatic carbocycles. The molecule has 9 nitrogen and oxygen atoms in total. The Morgan fingerprint density at radius 1 is 1.08 bits per heavy atom. The molecule has 1 atom stereocenters. The normalized spacial score (nSPS) is 15.1. The zero-order chi connectivity index (χ0) is 26.3. The molecular formula is C25H25F3N6O3. The molecule has 4 aromatic rings. The number of fused-ring (bicyclic) bond motifs is 1. The molecule has 0 aliphatic carbocycles. The number of likely N-dealkylation sites (tertiary alicyclic amines) is 1. The first kappa shape index (κ1) is 24.6. The summed E-state index contributed by atoms with van der Waals surface area (Å²) in [5, 5.41) is 6.13. The Morgan fingerprint density at radius 3 is 2.41 bits per heavy atom. The van der Waals surface area contributed by atoms with E-state index in [-0.39, 0.29) is 17.1 Å². The van der Waals surface area contributed by atoms with Crippen LogP contribution in [0.1, 0.15) is 16.4 Å². The highest BCUT2D eigenvalue weighted by atomic mass is 19.3. The van der Waals surface area contributed by atoms with E-state index in [2.05, 4.69) is 22.0 Å². The molecule has 0 bridgehead atoms. The quantitative estimate of drug-likeness (QED) is 0.361. The lowest BCUT2D eigenvalue weighted by molar-refractivity contribution is 0.0285. The molecule has 1 saturated heterocycles. The van der Waals surface area contributed by atoms with Crippen LogP contribution in [0.15, 0.2) is 49.1 Å². The number of alkyl halides is 3. The summed E-state index contributed by atoms with van der Waals surface area (Å²) in [4.78, 5) is 19.3. The molecule has 0 radical (unpaired) electrons. The molecular weight excluding hydrogens is 489 g/mol. The van der Waals surface area contributed by atoms with E-state index in [1.807, 2.05) is 35.3 Å². The van der Waals surface area contributed by atoms with E-state index in [0.29, 0.717) is 11.7 Å². The van der Waals surface area contributed by atoms with Gasteiger partial charge in [-0.15, -0.1) is 0 Å². The molecule has 1 unspecified atom stereocenters. The first-order valence-electron chi connectivity index (χ1n) is 11.5. The monoisotopic (exact) mass is 514 g/mol. The minimum atomic E-state index is -3.36. The molecule has 1 aliphatic rings. The number of hydrogen-bond donors (Lipinski definition) is 1. The Kier molecular flexibility index (Phi) is 6.50. The minimum absolute atomic E-state index is 0.0286. The smallest absolute Gasteiger partial charge is 0.287 e. The highest BCUT2D eigenvalue weighted by Crippen LogP contribution is 2.34. The average Bonchev–Trinajstić information content (AvgIpc) is 3.52. The zero-order valence-electron chi connectivity index (χ0n) is 20.4. The number of carbonyl (C=O) groups is 1. The number of benzene rings is 2. The van der Waals surface area contributed by atoms with E-state index in [1.165, 1.54) is 26.4 Å². The van der Waals surface area contributed by atoms with Crippen LogP contribution in [0.2, 0.25) is 0 Å². The number of likely N-dealkylation sites (N-methyl/N-ethyl adjacent to an activating group) is 1. The summed E-state index contributed by atoms with van der Waals surface area (Å²) < 4.78 is 53.1. The van der Waals surface area contributed by atoms with Crippen LogP contribution in [0, 0.1) is 0 Å². The Labute approximate surface area is 210 Å². The maximum absolute atomic E-state index is 13.5. The van der Waals surface area contributed by atoms with Gasteiger partial charge in [0, 0.05) is 37.0 Å². The summed E-state index contributed by atoms with van der Waals surface area (Å²) in [6.07, 6.45) is -0.700. The van der Waals surface area contributed by atoms with E-state index >= 15 is 0 Å². The average molecular weight is 515 g/mol. The SMILES string of the molecule is COc1cc(-n2cnc3cc(-c4cnn(C5CN(C)C5)c4)ccc32)cc(OC)c1C(=O)NC(F)C(F)F. The molecule has 37 heavy (non-hydrogen) atoms. The van der Waals surface area contributed by atoms with Gasteiger partial charge in [0.05, 0.1) is 43.2 Å². The van der Waals surface area contributed by atoms with Gasteiger partial charge in [0.15, 0.2) is 0 Å². The van der Waals surface area contributed by atoms with Crippen molar-refractivity contribution in [3.05, 3.63) is 54.6 Å². The van der Waals surface area contributed by atoms with Crippen molar-refractivity contribution < 1.29 is 27.4 Å². The van der Waals surface area contributed by atoms with Crippen LogP contribution in [-0.4, -0.2) is 77.2 Å². The lowest BCUT2D eigenvalue weighted by Gasteiger charge is -2.36. The van der Waals surface area contributed by atoms with Crippen LogP contribution in [-0.2, 0) is 0 Å². The minimum Gasteiger partial charge on any atom is -0.496 e. The van der Waals surface area contributed by atoms with Crippen molar-refractivity contribution in [3.63, 3.8) is 0 Å². The van der Waals surface area contributed by atoms with E-state index in [0.717, 1.165) is 35.2 Å². The Bertz CT molecular complexity index is 1420. The summed E-state index contributed by atoms with van der Waals surface area (Å²) in [6.45, 7) is 1.94. The van der Waals surface area contributed by atoms with Crippen molar-refractivity contribution >= 4 is 16.9 Å². The van der Waals surface area contributed by atoms with Crippen molar-refractivity contribution in [2.75, 3.05) is 34.4 Å². The van der Waals surface area contributed by atoms with Gasteiger partial charge in [-0.1, -0.05) is 6.07 Å². The molecule has 1 amide bonds. The topological polar surface area (TPSA) is 86.4 Å². The van der Waals surface area contributed by atoms with Crippen LogP contribution < -0.4 is 14.8 Å². The molecule has 12 heteroatoms. The summed E-state index contributed by atoms with van der Waals surface area (Å²) >= 11 is 0. The third-order valence-electron chi connectivity index (χ3n) is 6.39. The van der Waals surface area contributed by atoms with Crippen LogP contribution in [0.4, 0.5) is 13.2 Å². The number of aromatic nitrogens is 4. The maximum atomic E-state index is 13.5. The number of halogens is 3. The number of amides is 1. The number of ether oxygens (including phenoxy) is 2. The van der Waals surface area contributed by atoms with Crippen molar-refractivity contribution in [1.82, 2.24) is 29.5 Å². The van der Waals surface area contributed by atoms with Crippen molar-refractivity contribution in [1.29, 1.82) is 0 Å². The molecule has 5 rings (SSSR count). The van der Waals surface area contributed by atoms with Crippen LogP contribution in [0.5, 0.6) is 11.5 Å². The van der Waals surface area contributed by atoms with Crippen LogP contribution >= 0.6 is 0 Å². The van der Waals surface area contributed by atoms with Crippen LogP contribution in [0.3, 0.4) is 0 Å². The predicted octanol–water partition coefficient (Wildman–Crippen LogP) is 3.68. The second kappa shape index (κ2) is 9.77. The Hall–Kier alpha value is -4.06. The maximum Gasteiger partial charge on any atom is 0.287 e. The molecule has 0 spiro atoms. The second-order valence-electron chi connectivity index (χ2n) is 8.84. The number of carbonyl (C=O) groups excluding carboxylic acids is 1. The molecule has 2 aromatic heterocycles. The molecule has 1 N–H and O–H groups in total. The third kappa shape index (κ3) is 4.59. The van der Waals surface area contributed by atoms with Gasteiger partial charge in [-0.25, -0.2) is 18.2 Å². The van der Waals surface area contributed by atoms with Gasteiger partial charge in [-0.3, -0.25) is 14.0 Å². The van der Waals surface area contributed by atoms with Crippen molar-refractivity contribution in [3.8, 4) is 28.3 Å². The number of nitrogens with one attached hydrogen (secondary N) is 1. The fraction of sp³-hybridized carbons (Fsp3) is 0.320. The Morgan fingerprint density at radius 2 is 1.78 bits per heavy atom. The number of imidazole rings is 1. The van der Waals surface area contributed by atoms with Crippen LogP contribution in [0.25, 0.3) is 27.8 Å². The van der Waals surface area contributed by atoms with Crippen molar-refractivity contribution in [2.24, 2.45) is 0 Å². The lowest BCUT2D eigenvalue weighted by atomic mass is 10.1. The molecule has 1 fully saturated rings. The summed E-state index contributed by atoms with van der Waals surface area (Å²) in [7, 11) is 4.70. The van der Waals surface area contributed by atoms with Gasteiger partial charge < -0.3 is 19.7 Å². The first-order chi connectivity index (χ1) is 17.8. The van der Waals surface area contributed by atoms with Gasteiger partial charge in [-0.05, 0) is 24.7 Å². The van der Waals surface area contributed by atoms with E-state index in [1.54, 1.807) is 16.2 Å². The van der Waals surface area contributed by atoms with E-state index < -0.39 is 18.6 Å². The first-order valence-corrected chi connectivity index (χ1v) is 11.5. The standard InChI is InChI=1S/C25H25F3N6O3/c1-32-11-17(12-32)34-10-15(9-30-34)14-4-5-19-18(6-14)29-13-33(19)16-7-20(36-2)22(21(8-16)37-3)25(35)31-24(28)23(26)27/h4-10,13,17,23-24H,11-12H2,1-3H3,(H,31,35). The summed E-state index contributed by atoms with van der Waals surface area (Å²) in [5.41, 5.74) is 3.81. The van der Waals surface area contributed by atoms with Crippen molar-refractivity contribution in [2.45, 2.75) is 18.8 Å². The highest BCUT2D eigenvalue weighted by Gasteiger charge is 2.27. The number of methoxy groups -OCH3 is 2. The van der Waals surface area contributed by atoms with Gasteiger partial charge in [0.25, 0.3) is 12.3 Å². The van der Waals surface area contributed by atoms with E-state index in [4.69, 9.17) is 9.47 Å². The molecule has 3 heterocycles.